The SMILES string of the molecule is COC(=O)c1c(C)[nH]c2c(O[Si](C)(C)C(C)(C)C)cc3c(c12)C(CBr)CN3C(=O)c1cc2cc(OC)c(OC)c(OC)c2[nH]1. The lowest BCUT2D eigenvalue weighted by molar-refractivity contribution is 0.0602. The molecule has 0 radical (unpaired) electrons. The Morgan fingerprint density at radius 2 is 1.66 bits per heavy atom. The molecule has 1 unspecified atom stereocenters. The first kappa shape index (κ1) is 31.8. The van der Waals surface area contributed by atoms with Crippen molar-refractivity contribution in [3.05, 3.63) is 40.7 Å². The van der Waals surface area contributed by atoms with Gasteiger partial charge in [-0.05, 0) is 42.8 Å². The number of benzene rings is 2. The molecule has 2 aromatic carbocycles. The number of anilines is 1. The van der Waals surface area contributed by atoms with E-state index in [2.05, 4.69) is 59.8 Å². The number of aryl methyl sites for hydroxylation is 1. The van der Waals surface area contributed by atoms with Crippen LogP contribution in [0, 0.1) is 6.92 Å². The van der Waals surface area contributed by atoms with E-state index in [4.69, 9.17) is 23.4 Å². The number of halogens is 1. The van der Waals surface area contributed by atoms with Crippen LogP contribution < -0.4 is 23.5 Å². The fourth-order valence-corrected chi connectivity index (χ4v) is 7.26. The van der Waals surface area contributed by atoms with E-state index in [9.17, 15) is 9.59 Å². The summed E-state index contributed by atoms with van der Waals surface area (Å²) in [5.41, 5.74) is 4.47. The van der Waals surface area contributed by atoms with Crippen molar-refractivity contribution in [3.63, 3.8) is 0 Å². The van der Waals surface area contributed by atoms with Gasteiger partial charge in [0.05, 0.1) is 50.7 Å². The normalized spacial score (nSPS) is 15.1. The van der Waals surface area contributed by atoms with Crippen molar-refractivity contribution in [2.24, 2.45) is 0 Å². The number of carbonyl (C=O) groups is 2. The highest BCUT2D eigenvalue weighted by Crippen LogP contribution is 2.50. The molecule has 1 atom stereocenters. The van der Waals surface area contributed by atoms with Gasteiger partial charge in [-0.2, -0.15) is 0 Å². The van der Waals surface area contributed by atoms with Crippen LogP contribution in [0.3, 0.4) is 0 Å². The molecule has 44 heavy (non-hydrogen) atoms. The van der Waals surface area contributed by atoms with Gasteiger partial charge in [0.1, 0.15) is 11.4 Å². The van der Waals surface area contributed by atoms with Gasteiger partial charge in [-0.15, -0.1) is 0 Å². The Hall–Kier alpha value is -3.64. The van der Waals surface area contributed by atoms with Crippen LogP contribution in [0.2, 0.25) is 18.1 Å². The Balaban J connectivity index is 1.74. The minimum absolute atomic E-state index is 0.0788. The molecule has 2 aromatic heterocycles. The molecule has 0 fully saturated rings. The number of nitrogens with one attached hydrogen (secondary N) is 2. The summed E-state index contributed by atoms with van der Waals surface area (Å²) >= 11 is 3.68. The van der Waals surface area contributed by atoms with E-state index in [0.717, 1.165) is 21.9 Å². The molecule has 236 valence electrons. The van der Waals surface area contributed by atoms with Crippen LogP contribution in [0.5, 0.6) is 23.0 Å². The van der Waals surface area contributed by atoms with E-state index < -0.39 is 14.3 Å². The second kappa shape index (κ2) is 11.4. The second-order valence-electron chi connectivity index (χ2n) is 12.6. The van der Waals surface area contributed by atoms with E-state index >= 15 is 0 Å². The fraction of sp³-hybridized carbons (Fsp3) is 0.438. The van der Waals surface area contributed by atoms with E-state index in [0.29, 0.717) is 63.0 Å². The first-order valence-corrected chi connectivity index (χ1v) is 18.4. The summed E-state index contributed by atoms with van der Waals surface area (Å²) in [7, 11) is 3.70. The van der Waals surface area contributed by atoms with Crippen molar-refractivity contribution in [2.45, 2.75) is 51.7 Å². The van der Waals surface area contributed by atoms with Crippen LogP contribution >= 0.6 is 15.9 Å². The number of rotatable bonds is 8. The van der Waals surface area contributed by atoms with Gasteiger partial charge in [0.15, 0.2) is 11.5 Å². The summed E-state index contributed by atoms with van der Waals surface area (Å²) < 4.78 is 28.8. The summed E-state index contributed by atoms with van der Waals surface area (Å²) in [6, 6.07) is 5.54. The maximum Gasteiger partial charge on any atom is 0.340 e. The molecular formula is C32H40BrN3O7Si. The minimum Gasteiger partial charge on any atom is -0.542 e. The number of methoxy groups -OCH3 is 4. The lowest BCUT2D eigenvalue weighted by Gasteiger charge is -2.36. The van der Waals surface area contributed by atoms with E-state index in [1.54, 1.807) is 25.2 Å². The highest BCUT2D eigenvalue weighted by atomic mass is 79.9. The molecule has 0 saturated heterocycles. The summed E-state index contributed by atoms with van der Waals surface area (Å²) in [6.07, 6.45) is 0. The molecule has 4 aromatic rings. The van der Waals surface area contributed by atoms with Gasteiger partial charge in [0, 0.05) is 40.3 Å². The Kier molecular flexibility index (Phi) is 8.21. The summed E-state index contributed by atoms with van der Waals surface area (Å²) in [5, 5.41) is 1.98. The molecule has 0 saturated carbocycles. The second-order valence-corrected chi connectivity index (χ2v) is 18.0. The maximum atomic E-state index is 14.4. The Labute approximate surface area is 266 Å². The molecule has 2 N–H and O–H groups in total. The van der Waals surface area contributed by atoms with E-state index in [1.165, 1.54) is 14.2 Å². The molecule has 1 aliphatic rings. The molecule has 12 heteroatoms. The molecule has 0 bridgehead atoms. The number of alkyl halides is 1. The largest absolute Gasteiger partial charge is 0.542 e. The van der Waals surface area contributed by atoms with Crippen molar-refractivity contribution < 1.29 is 33.0 Å². The Morgan fingerprint density at radius 3 is 2.23 bits per heavy atom. The van der Waals surface area contributed by atoms with Crippen molar-refractivity contribution in [2.75, 3.05) is 45.2 Å². The zero-order chi connectivity index (χ0) is 32.3. The zero-order valence-electron chi connectivity index (χ0n) is 26.9. The maximum absolute atomic E-state index is 14.4. The quantitative estimate of drug-likeness (QED) is 0.114. The summed E-state index contributed by atoms with van der Waals surface area (Å²) in [6.45, 7) is 13.1. The van der Waals surface area contributed by atoms with Gasteiger partial charge in [-0.1, -0.05) is 36.7 Å². The third kappa shape index (κ3) is 4.92. The Morgan fingerprint density at radius 1 is 0.977 bits per heavy atom. The fourth-order valence-electron chi connectivity index (χ4n) is 5.72. The average Bonchev–Trinajstić information content (AvgIpc) is 3.67. The lowest BCUT2D eigenvalue weighted by Crippen LogP contribution is -2.44. The molecule has 1 amide bonds. The number of aromatic nitrogens is 2. The molecule has 0 spiro atoms. The van der Waals surface area contributed by atoms with Gasteiger partial charge in [-0.25, -0.2) is 4.79 Å². The first-order chi connectivity index (χ1) is 20.7. The molecule has 1 aliphatic heterocycles. The predicted octanol–water partition coefficient (Wildman–Crippen LogP) is 7.29. The van der Waals surface area contributed by atoms with Crippen LogP contribution in [0.1, 0.15) is 58.8 Å². The van der Waals surface area contributed by atoms with Crippen LogP contribution in [-0.4, -0.2) is 70.5 Å². The third-order valence-electron chi connectivity index (χ3n) is 8.99. The van der Waals surface area contributed by atoms with Crippen molar-refractivity contribution in [1.29, 1.82) is 0 Å². The zero-order valence-corrected chi connectivity index (χ0v) is 29.5. The highest BCUT2D eigenvalue weighted by Gasteiger charge is 2.42. The van der Waals surface area contributed by atoms with Crippen LogP contribution in [0.25, 0.3) is 21.8 Å². The standard InChI is InChI=1S/C32H40BrN3O7Si/c1-16-23(31(38)42-8)25-24-18(14-33)15-36(20(24)13-21(27(25)34-16)43-44(9,10)32(2,3)4)30(37)19-11-17-12-22(39-5)28(40-6)29(41-7)26(17)35-19/h11-13,18,34-35H,14-15H2,1-10H3. The topological polar surface area (TPSA) is 115 Å². The monoisotopic (exact) mass is 685 g/mol. The van der Waals surface area contributed by atoms with Crippen molar-refractivity contribution in [3.8, 4) is 23.0 Å². The number of fused-ring (bicyclic) bond motifs is 4. The number of nitrogens with zero attached hydrogens (tertiary/aromatic N) is 1. The number of carbonyl (C=O) groups excluding carboxylic acids is 2. The smallest absolute Gasteiger partial charge is 0.340 e. The van der Waals surface area contributed by atoms with Crippen LogP contribution in [0.15, 0.2) is 18.2 Å². The van der Waals surface area contributed by atoms with Gasteiger partial charge in [0.25, 0.3) is 14.2 Å². The molecule has 5 rings (SSSR count). The third-order valence-corrected chi connectivity index (χ3v) is 14.1. The van der Waals surface area contributed by atoms with Gasteiger partial charge < -0.3 is 38.2 Å². The Bertz CT molecular complexity index is 1790. The van der Waals surface area contributed by atoms with Gasteiger partial charge in [-0.3, -0.25) is 4.79 Å². The number of H-pyrrole nitrogens is 2. The predicted molar refractivity (Wildman–Crippen MR) is 178 cm³/mol. The summed E-state index contributed by atoms with van der Waals surface area (Å²) in [4.78, 5) is 36.0. The first-order valence-electron chi connectivity index (χ1n) is 14.4. The van der Waals surface area contributed by atoms with Crippen LogP contribution in [0.4, 0.5) is 5.69 Å². The van der Waals surface area contributed by atoms with Crippen molar-refractivity contribution in [1.82, 2.24) is 9.97 Å². The molecular weight excluding hydrogens is 646 g/mol. The number of amides is 1. The van der Waals surface area contributed by atoms with E-state index in [1.807, 2.05) is 19.1 Å². The number of hydrogen-bond donors (Lipinski definition) is 2. The number of hydrogen-bond acceptors (Lipinski definition) is 7. The van der Waals surface area contributed by atoms with Gasteiger partial charge >= 0.3 is 5.97 Å². The lowest BCUT2D eigenvalue weighted by atomic mass is 9.96. The highest BCUT2D eigenvalue weighted by molar-refractivity contribution is 9.09. The molecule has 10 nitrogen and oxygen atoms in total. The molecule has 3 heterocycles. The van der Waals surface area contributed by atoms with Crippen LogP contribution in [-0.2, 0) is 4.74 Å². The average molecular weight is 687 g/mol. The summed E-state index contributed by atoms with van der Waals surface area (Å²) in [5.74, 6) is 1.23. The number of aromatic amines is 2. The molecule has 0 aliphatic carbocycles. The minimum atomic E-state index is -2.32. The van der Waals surface area contributed by atoms with Gasteiger partial charge in [0.2, 0.25) is 5.75 Å². The van der Waals surface area contributed by atoms with E-state index in [-0.39, 0.29) is 16.9 Å². The number of ether oxygens (including phenoxy) is 4. The number of esters is 1. The van der Waals surface area contributed by atoms with Crippen molar-refractivity contribution >= 4 is 63.6 Å².